The molecule has 1 aromatic carbocycles. The molecule has 1 saturated heterocycles. The summed E-state index contributed by atoms with van der Waals surface area (Å²) < 4.78 is 5.14. The van der Waals surface area contributed by atoms with Gasteiger partial charge in [-0.2, -0.15) is 0 Å². The molecule has 1 heterocycles. The number of piperidine rings is 1. The van der Waals surface area contributed by atoms with Crippen molar-refractivity contribution in [1.82, 2.24) is 10.2 Å². The second-order valence-corrected chi connectivity index (χ2v) is 5.19. The molecule has 0 saturated carbocycles. The molecule has 0 bridgehead atoms. The number of ether oxygens (including phenoxy) is 1. The Hall–Kier alpha value is -2.04. The topological polar surface area (TPSA) is 58.6 Å². The Labute approximate surface area is 125 Å². The van der Waals surface area contributed by atoms with E-state index in [0.29, 0.717) is 30.9 Å². The van der Waals surface area contributed by atoms with E-state index in [1.807, 2.05) is 24.0 Å². The van der Waals surface area contributed by atoms with E-state index in [2.05, 4.69) is 5.32 Å². The first-order valence-corrected chi connectivity index (χ1v) is 7.36. The van der Waals surface area contributed by atoms with Gasteiger partial charge in [0.15, 0.2) is 0 Å². The van der Waals surface area contributed by atoms with E-state index in [4.69, 9.17) is 4.74 Å². The highest BCUT2D eigenvalue weighted by Crippen LogP contribution is 2.20. The van der Waals surface area contributed by atoms with Crippen LogP contribution < -0.4 is 10.1 Å². The van der Waals surface area contributed by atoms with Crippen LogP contribution in [0.25, 0.3) is 0 Å². The highest BCUT2D eigenvalue weighted by atomic mass is 16.5. The first-order valence-electron chi connectivity index (χ1n) is 7.36. The van der Waals surface area contributed by atoms with Crippen molar-refractivity contribution in [2.45, 2.75) is 19.8 Å². The van der Waals surface area contributed by atoms with Gasteiger partial charge in [-0.1, -0.05) is 6.07 Å². The van der Waals surface area contributed by atoms with Crippen LogP contribution in [0, 0.1) is 5.92 Å². The standard InChI is InChI=1S/C16H22N2O3/c1-3-17-15(19)12-7-9-18(10-8-12)16(20)13-5-4-6-14(11-13)21-2/h4-6,11-12H,3,7-10H2,1-2H3,(H,17,19). The highest BCUT2D eigenvalue weighted by Gasteiger charge is 2.27. The number of benzene rings is 1. The maximum atomic E-state index is 12.4. The largest absolute Gasteiger partial charge is 0.497 e. The van der Waals surface area contributed by atoms with Crippen LogP contribution in [0.4, 0.5) is 0 Å². The molecular formula is C16H22N2O3. The minimum atomic E-state index is 0.00301. The fourth-order valence-corrected chi connectivity index (χ4v) is 2.60. The molecule has 2 rings (SSSR count). The summed E-state index contributed by atoms with van der Waals surface area (Å²) in [6.45, 7) is 3.82. The quantitative estimate of drug-likeness (QED) is 0.918. The van der Waals surface area contributed by atoms with Gasteiger partial charge in [-0.25, -0.2) is 0 Å². The Morgan fingerprint density at radius 1 is 1.33 bits per heavy atom. The fraction of sp³-hybridized carbons (Fsp3) is 0.500. The van der Waals surface area contributed by atoms with Gasteiger partial charge < -0.3 is 15.0 Å². The Morgan fingerprint density at radius 2 is 2.05 bits per heavy atom. The molecule has 1 fully saturated rings. The van der Waals surface area contributed by atoms with Crippen LogP contribution in [0.3, 0.4) is 0 Å². The molecule has 5 nitrogen and oxygen atoms in total. The lowest BCUT2D eigenvalue weighted by Gasteiger charge is -2.31. The summed E-state index contributed by atoms with van der Waals surface area (Å²) in [4.78, 5) is 26.0. The van der Waals surface area contributed by atoms with Crippen molar-refractivity contribution in [1.29, 1.82) is 0 Å². The zero-order valence-electron chi connectivity index (χ0n) is 12.6. The molecule has 21 heavy (non-hydrogen) atoms. The number of nitrogens with one attached hydrogen (secondary N) is 1. The average Bonchev–Trinajstić information content (AvgIpc) is 2.54. The van der Waals surface area contributed by atoms with E-state index in [0.717, 1.165) is 12.8 Å². The zero-order valence-corrected chi connectivity index (χ0v) is 12.6. The second kappa shape index (κ2) is 7.11. The number of amides is 2. The minimum Gasteiger partial charge on any atom is -0.497 e. The van der Waals surface area contributed by atoms with Gasteiger partial charge in [-0.15, -0.1) is 0 Å². The molecule has 0 radical (unpaired) electrons. The van der Waals surface area contributed by atoms with E-state index in [9.17, 15) is 9.59 Å². The molecule has 0 aliphatic carbocycles. The number of hydrogen-bond donors (Lipinski definition) is 1. The van der Waals surface area contributed by atoms with Crippen molar-refractivity contribution in [3.8, 4) is 5.75 Å². The van der Waals surface area contributed by atoms with Gasteiger partial charge in [-0.3, -0.25) is 9.59 Å². The van der Waals surface area contributed by atoms with Crippen molar-refractivity contribution in [3.05, 3.63) is 29.8 Å². The molecule has 0 spiro atoms. The van der Waals surface area contributed by atoms with Gasteiger partial charge in [0.05, 0.1) is 7.11 Å². The van der Waals surface area contributed by atoms with Crippen LogP contribution in [0.5, 0.6) is 5.75 Å². The van der Waals surface area contributed by atoms with Gasteiger partial charge in [0.25, 0.3) is 5.91 Å². The predicted octanol–water partition coefficient (Wildman–Crippen LogP) is 1.68. The first-order chi connectivity index (χ1) is 10.2. The Bertz CT molecular complexity index is 508. The van der Waals surface area contributed by atoms with E-state index < -0.39 is 0 Å². The van der Waals surface area contributed by atoms with Crippen molar-refractivity contribution in [3.63, 3.8) is 0 Å². The van der Waals surface area contributed by atoms with Crippen molar-refractivity contribution in [2.24, 2.45) is 5.92 Å². The normalized spacial score (nSPS) is 15.6. The van der Waals surface area contributed by atoms with Crippen molar-refractivity contribution < 1.29 is 14.3 Å². The Morgan fingerprint density at radius 3 is 2.67 bits per heavy atom. The van der Waals surface area contributed by atoms with Crippen LogP contribution in [0.2, 0.25) is 0 Å². The SMILES string of the molecule is CCNC(=O)C1CCN(C(=O)c2cccc(OC)c2)CC1. The third-order valence-corrected chi connectivity index (χ3v) is 3.82. The zero-order chi connectivity index (χ0) is 15.2. The van der Waals surface area contributed by atoms with E-state index in [1.54, 1.807) is 19.2 Å². The van der Waals surface area contributed by atoms with Gasteiger partial charge in [0.1, 0.15) is 5.75 Å². The smallest absolute Gasteiger partial charge is 0.253 e. The first kappa shape index (κ1) is 15.4. The van der Waals surface area contributed by atoms with Crippen molar-refractivity contribution in [2.75, 3.05) is 26.7 Å². The highest BCUT2D eigenvalue weighted by molar-refractivity contribution is 5.94. The van der Waals surface area contributed by atoms with Crippen LogP contribution in [-0.2, 0) is 4.79 Å². The number of likely N-dealkylation sites (tertiary alicyclic amines) is 1. The fourth-order valence-electron chi connectivity index (χ4n) is 2.60. The predicted molar refractivity (Wildman–Crippen MR) is 80.3 cm³/mol. The maximum Gasteiger partial charge on any atom is 0.253 e. The molecule has 0 atom stereocenters. The van der Waals surface area contributed by atoms with E-state index >= 15 is 0 Å². The number of hydrogen-bond acceptors (Lipinski definition) is 3. The lowest BCUT2D eigenvalue weighted by molar-refractivity contribution is -0.126. The van der Waals surface area contributed by atoms with E-state index in [1.165, 1.54) is 0 Å². The minimum absolute atomic E-state index is 0.00301. The molecule has 1 aliphatic heterocycles. The average molecular weight is 290 g/mol. The summed E-state index contributed by atoms with van der Waals surface area (Å²) in [5, 5.41) is 2.85. The molecule has 114 valence electrons. The summed E-state index contributed by atoms with van der Waals surface area (Å²) >= 11 is 0. The molecule has 1 N–H and O–H groups in total. The molecule has 2 amide bonds. The number of rotatable bonds is 4. The summed E-state index contributed by atoms with van der Waals surface area (Å²) in [6.07, 6.45) is 1.45. The Kier molecular flexibility index (Phi) is 5.20. The van der Waals surface area contributed by atoms with Crippen LogP contribution in [0.1, 0.15) is 30.1 Å². The van der Waals surface area contributed by atoms with Crippen LogP contribution >= 0.6 is 0 Å². The van der Waals surface area contributed by atoms with Gasteiger partial charge in [0.2, 0.25) is 5.91 Å². The molecular weight excluding hydrogens is 268 g/mol. The summed E-state index contributed by atoms with van der Waals surface area (Å²) in [7, 11) is 1.58. The maximum absolute atomic E-state index is 12.4. The Balaban J connectivity index is 1.95. The molecule has 1 aliphatic rings. The van der Waals surface area contributed by atoms with Crippen LogP contribution in [0.15, 0.2) is 24.3 Å². The monoisotopic (exact) mass is 290 g/mol. The third kappa shape index (κ3) is 3.74. The molecule has 0 unspecified atom stereocenters. The molecule has 1 aromatic rings. The lowest BCUT2D eigenvalue weighted by Crippen LogP contribution is -2.43. The number of carbonyl (C=O) groups excluding carboxylic acids is 2. The van der Waals surface area contributed by atoms with Gasteiger partial charge in [0, 0.05) is 31.1 Å². The second-order valence-electron chi connectivity index (χ2n) is 5.19. The van der Waals surface area contributed by atoms with Crippen LogP contribution in [-0.4, -0.2) is 43.5 Å². The van der Waals surface area contributed by atoms with Gasteiger partial charge in [-0.05, 0) is 38.0 Å². The van der Waals surface area contributed by atoms with E-state index in [-0.39, 0.29) is 17.7 Å². The number of methoxy groups -OCH3 is 1. The molecule has 0 aromatic heterocycles. The lowest BCUT2D eigenvalue weighted by atomic mass is 9.95. The number of carbonyl (C=O) groups is 2. The summed E-state index contributed by atoms with van der Waals surface area (Å²) in [5.41, 5.74) is 0.630. The van der Waals surface area contributed by atoms with Gasteiger partial charge >= 0.3 is 0 Å². The van der Waals surface area contributed by atoms with Crippen molar-refractivity contribution >= 4 is 11.8 Å². The summed E-state index contributed by atoms with van der Waals surface area (Å²) in [5.74, 6) is 0.812. The third-order valence-electron chi connectivity index (χ3n) is 3.82. The summed E-state index contributed by atoms with van der Waals surface area (Å²) in [6, 6.07) is 7.17. The molecule has 5 heteroatoms. The number of nitrogens with zero attached hydrogens (tertiary/aromatic N) is 1.